The highest BCUT2D eigenvalue weighted by molar-refractivity contribution is 9.10. The molecule has 0 radical (unpaired) electrons. The zero-order chi connectivity index (χ0) is 35.1. The molecule has 1 aromatic heterocycles. The first-order valence-electron chi connectivity index (χ1n) is 17.1. The molecule has 3 fully saturated rings. The van der Waals surface area contributed by atoms with Crippen molar-refractivity contribution in [3.63, 3.8) is 0 Å². The maximum absolute atomic E-state index is 13.5. The zero-order valence-corrected chi connectivity index (χ0v) is 29.8. The fraction of sp³-hybridized carbons (Fsp3) is 0.444. The topological polar surface area (TPSA) is 140 Å². The number of likely N-dealkylation sites (N-methyl/N-ethyl adjacent to an activating group) is 1. The molecule has 3 unspecified atom stereocenters. The lowest BCUT2D eigenvalue weighted by Crippen LogP contribution is -2.54. The Morgan fingerprint density at radius 2 is 1.62 bits per heavy atom. The van der Waals surface area contributed by atoms with E-state index in [1.54, 1.807) is 25.4 Å². The number of piperazine rings is 1. The summed E-state index contributed by atoms with van der Waals surface area (Å²) < 4.78 is 1.81. The van der Waals surface area contributed by atoms with Crippen LogP contribution >= 0.6 is 15.9 Å². The van der Waals surface area contributed by atoms with E-state index in [-0.39, 0.29) is 30.3 Å². The molecule has 2 N–H and O–H groups in total. The standard InChI is InChI=1S/C36H41BrN8O5/c1-41-19-25(16-26(21-41)39-28-17-38-42(2)36(50)32(28)37)23-8-6-22(7-9-23)18-43-12-14-44(15-13-43)20-24-4-3-5-27-31(24)35(49)45(34(27)48)29-10-11-30(46)40-33(29)47/h3-9,17,25-26,29,39H,10-16,18-21H2,1-2H3,(H,40,46,47). The Labute approximate surface area is 298 Å². The Balaban J connectivity index is 0.929. The van der Waals surface area contributed by atoms with Gasteiger partial charge in [-0.15, -0.1) is 0 Å². The summed E-state index contributed by atoms with van der Waals surface area (Å²) in [6, 6.07) is 13.5. The van der Waals surface area contributed by atoms with E-state index in [0.717, 1.165) is 68.4 Å². The summed E-state index contributed by atoms with van der Waals surface area (Å²) in [5.74, 6) is -1.56. The van der Waals surface area contributed by atoms with Crippen molar-refractivity contribution in [2.24, 2.45) is 7.05 Å². The van der Waals surface area contributed by atoms with Crippen LogP contribution in [0, 0.1) is 0 Å². The molecule has 2 aromatic carbocycles. The Bertz CT molecular complexity index is 1890. The van der Waals surface area contributed by atoms with Gasteiger partial charge in [-0.25, -0.2) is 4.68 Å². The van der Waals surface area contributed by atoms with Gasteiger partial charge in [0.25, 0.3) is 17.4 Å². The van der Waals surface area contributed by atoms with Gasteiger partial charge in [-0.05, 0) is 64.5 Å². The summed E-state index contributed by atoms with van der Waals surface area (Å²) in [7, 11) is 3.77. The number of carbonyl (C=O) groups excluding carboxylic acids is 4. The third-order valence-corrected chi connectivity index (χ3v) is 11.1. The maximum Gasteiger partial charge on any atom is 0.282 e. The molecule has 5 heterocycles. The number of benzene rings is 2. The number of likely N-dealkylation sites (tertiary alicyclic amines) is 1. The lowest BCUT2D eigenvalue weighted by atomic mass is 9.87. The lowest BCUT2D eigenvalue weighted by molar-refractivity contribution is -0.136. The van der Waals surface area contributed by atoms with Crippen molar-refractivity contribution < 1.29 is 19.2 Å². The second kappa shape index (κ2) is 14.2. The summed E-state index contributed by atoms with van der Waals surface area (Å²) >= 11 is 3.43. The van der Waals surface area contributed by atoms with Gasteiger partial charge in [0.2, 0.25) is 11.8 Å². The van der Waals surface area contributed by atoms with E-state index in [9.17, 15) is 24.0 Å². The van der Waals surface area contributed by atoms with E-state index >= 15 is 0 Å². The van der Waals surface area contributed by atoms with Gasteiger partial charge in [0, 0.05) is 71.9 Å². The predicted molar refractivity (Wildman–Crippen MR) is 190 cm³/mol. The summed E-state index contributed by atoms with van der Waals surface area (Å²) in [6.07, 6.45) is 2.88. The lowest BCUT2D eigenvalue weighted by Gasteiger charge is -2.37. The number of halogens is 1. The molecule has 0 saturated carbocycles. The van der Waals surface area contributed by atoms with Crippen molar-refractivity contribution >= 4 is 45.2 Å². The first kappa shape index (κ1) is 34.2. The highest BCUT2D eigenvalue weighted by Crippen LogP contribution is 2.32. The second-order valence-electron chi connectivity index (χ2n) is 13.9. The van der Waals surface area contributed by atoms with Crippen molar-refractivity contribution in [3.05, 3.63) is 91.3 Å². The van der Waals surface area contributed by atoms with Crippen molar-refractivity contribution in [2.75, 3.05) is 51.6 Å². The SMILES string of the molecule is CN1CC(Nc2cnn(C)c(=O)c2Br)CC(c2ccc(CN3CCN(Cc4cccc5c4C(=O)N(C4CCC(=O)NC4=O)C5=O)CC3)cc2)C1. The number of hydrogen-bond donors (Lipinski definition) is 2. The minimum atomic E-state index is -0.971. The number of piperidine rings is 2. The summed E-state index contributed by atoms with van der Waals surface area (Å²) in [5.41, 5.74) is 4.58. The normalized spacial score (nSPS) is 23.7. The van der Waals surface area contributed by atoms with Gasteiger partial charge >= 0.3 is 0 Å². The van der Waals surface area contributed by atoms with Gasteiger partial charge in [-0.1, -0.05) is 36.4 Å². The Morgan fingerprint density at radius 1 is 0.900 bits per heavy atom. The van der Waals surface area contributed by atoms with Crippen LogP contribution < -0.4 is 16.2 Å². The number of amides is 4. The molecule has 4 aliphatic rings. The monoisotopic (exact) mass is 744 g/mol. The summed E-state index contributed by atoms with van der Waals surface area (Å²) in [6.45, 7) is 6.62. The number of hydrogen-bond acceptors (Lipinski definition) is 10. The molecular formula is C36H41BrN8O5. The molecule has 0 spiro atoms. The molecule has 3 saturated heterocycles. The third kappa shape index (κ3) is 6.89. The summed E-state index contributed by atoms with van der Waals surface area (Å²) in [4.78, 5) is 71.3. The van der Waals surface area contributed by atoms with Crippen LogP contribution in [0.3, 0.4) is 0 Å². The van der Waals surface area contributed by atoms with E-state index in [1.807, 2.05) is 6.07 Å². The van der Waals surface area contributed by atoms with Crippen LogP contribution in [-0.2, 0) is 29.7 Å². The second-order valence-corrected chi connectivity index (χ2v) is 14.7. The Morgan fingerprint density at radius 3 is 2.34 bits per heavy atom. The van der Waals surface area contributed by atoms with E-state index < -0.39 is 23.8 Å². The van der Waals surface area contributed by atoms with Crippen LogP contribution in [0.2, 0.25) is 0 Å². The quantitative estimate of drug-likeness (QED) is 0.330. The largest absolute Gasteiger partial charge is 0.379 e. The molecule has 0 bridgehead atoms. The molecule has 0 aliphatic carbocycles. The average Bonchev–Trinajstić information content (AvgIpc) is 3.35. The van der Waals surface area contributed by atoms with Gasteiger partial charge in [0.15, 0.2) is 0 Å². The molecule has 3 atom stereocenters. The Hall–Kier alpha value is -4.24. The van der Waals surface area contributed by atoms with E-state index in [4.69, 9.17) is 0 Å². The van der Waals surface area contributed by atoms with Crippen LogP contribution in [0.4, 0.5) is 5.69 Å². The highest BCUT2D eigenvalue weighted by atomic mass is 79.9. The molecule has 3 aromatic rings. The predicted octanol–water partition coefficient (Wildman–Crippen LogP) is 2.16. The molecule has 14 heteroatoms. The van der Waals surface area contributed by atoms with Gasteiger partial charge in [-0.3, -0.25) is 44.0 Å². The van der Waals surface area contributed by atoms with Crippen molar-refractivity contribution in [1.29, 1.82) is 0 Å². The molecule has 13 nitrogen and oxygen atoms in total. The van der Waals surface area contributed by atoms with Crippen LogP contribution in [-0.4, -0.2) is 111 Å². The number of fused-ring (bicyclic) bond motifs is 1. The van der Waals surface area contributed by atoms with Gasteiger partial charge in [-0.2, -0.15) is 5.10 Å². The van der Waals surface area contributed by atoms with E-state index in [0.29, 0.717) is 28.1 Å². The number of nitrogens with zero attached hydrogens (tertiary/aromatic N) is 6. The molecule has 262 valence electrons. The minimum absolute atomic E-state index is 0.0954. The molecule has 7 rings (SSSR count). The van der Waals surface area contributed by atoms with Gasteiger partial charge < -0.3 is 10.2 Å². The highest BCUT2D eigenvalue weighted by Gasteiger charge is 2.45. The molecule has 50 heavy (non-hydrogen) atoms. The van der Waals surface area contributed by atoms with Crippen LogP contribution in [0.15, 0.2) is 57.9 Å². The van der Waals surface area contributed by atoms with Gasteiger partial charge in [0.05, 0.1) is 23.0 Å². The van der Waals surface area contributed by atoms with Crippen LogP contribution in [0.25, 0.3) is 0 Å². The van der Waals surface area contributed by atoms with Crippen LogP contribution in [0.5, 0.6) is 0 Å². The van der Waals surface area contributed by atoms with Crippen molar-refractivity contribution in [3.8, 4) is 0 Å². The molecule has 4 aliphatic heterocycles. The Kier molecular flexibility index (Phi) is 9.70. The first-order chi connectivity index (χ1) is 24.0. The zero-order valence-electron chi connectivity index (χ0n) is 28.2. The van der Waals surface area contributed by atoms with Crippen molar-refractivity contribution in [1.82, 2.24) is 34.7 Å². The van der Waals surface area contributed by atoms with E-state index in [2.05, 4.69) is 77.7 Å². The van der Waals surface area contributed by atoms with E-state index in [1.165, 1.54) is 15.8 Å². The van der Waals surface area contributed by atoms with Crippen LogP contribution in [0.1, 0.15) is 62.6 Å². The molecular weight excluding hydrogens is 704 g/mol. The summed E-state index contributed by atoms with van der Waals surface area (Å²) in [5, 5.41) is 9.96. The number of anilines is 1. The number of nitrogens with one attached hydrogen (secondary N) is 2. The number of aryl methyl sites for hydroxylation is 1. The number of carbonyl (C=O) groups is 4. The smallest absolute Gasteiger partial charge is 0.282 e. The number of imide groups is 2. The number of rotatable bonds is 8. The van der Waals surface area contributed by atoms with Crippen molar-refractivity contribution in [2.45, 2.75) is 50.4 Å². The first-order valence-corrected chi connectivity index (χ1v) is 17.9. The maximum atomic E-state index is 13.5. The minimum Gasteiger partial charge on any atom is -0.379 e. The molecule has 4 amide bonds. The van der Waals surface area contributed by atoms with Gasteiger partial charge in [0.1, 0.15) is 10.5 Å². The third-order valence-electron chi connectivity index (χ3n) is 10.3. The average molecular weight is 746 g/mol. The number of aromatic nitrogens is 2. The fourth-order valence-electron chi connectivity index (χ4n) is 7.71. The fourth-order valence-corrected chi connectivity index (χ4v) is 8.19.